The molecule has 20 heavy (non-hydrogen) atoms. The highest BCUT2D eigenvalue weighted by molar-refractivity contribution is 9.10. The van der Waals surface area contributed by atoms with E-state index in [0.717, 1.165) is 26.5 Å². The molecule has 3 heteroatoms. The van der Waals surface area contributed by atoms with Crippen LogP contribution in [0.25, 0.3) is 10.9 Å². The van der Waals surface area contributed by atoms with Gasteiger partial charge in [0.25, 0.3) is 0 Å². The van der Waals surface area contributed by atoms with Crippen molar-refractivity contribution >= 4 is 26.8 Å². The Labute approximate surface area is 126 Å². The summed E-state index contributed by atoms with van der Waals surface area (Å²) in [4.78, 5) is 4.39. The van der Waals surface area contributed by atoms with Gasteiger partial charge in [0.1, 0.15) is 0 Å². The SMILES string of the molecule is Cc1cccc(C(N)c2ccc3cccnc3c2)c1Br. The zero-order valence-electron chi connectivity index (χ0n) is 11.2. The number of nitrogens with two attached hydrogens (primary N) is 1. The monoisotopic (exact) mass is 326 g/mol. The lowest BCUT2D eigenvalue weighted by molar-refractivity contribution is 0.865. The molecule has 0 spiro atoms. The molecule has 1 aromatic heterocycles. The minimum absolute atomic E-state index is 0.157. The molecule has 3 aromatic rings. The Hall–Kier alpha value is -1.71. The first kappa shape index (κ1) is 13.3. The van der Waals surface area contributed by atoms with Crippen molar-refractivity contribution in [2.75, 3.05) is 0 Å². The van der Waals surface area contributed by atoms with Gasteiger partial charge in [0, 0.05) is 16.1 Å². The molecule has 0 amide bonds. The average Bonchev–Trinajstić information content (AvgIpc) is 2.49. The maximum atomic E-state index is 6.42. The van der Waals surface area contributed by atoms with E-state index >= 15 is 0 Å². The highest BCUT2D eigenvalue weighted by Gasteiger charge is 2.13. The molecule has 1 heterocycles. The number of hydrogen-bond donors (Lipinski definition) is 1. The van der Waals surface area contributed by atoms with Crippen molar-refractivity contribution in [2.24, 2.45) is 5.73 Å². The van der Waals surface area contributed by atoms with Gasteiger partial charge >= 0.3 is 0 Å². The predicted molar refractivity (Wildman–Crippen MR) is 86.7 cm³/mol. The van der Waals surface area contributed by atoms with Gasteiger partial charge in [-0.25, -0.2) is 0 Å². The number of rotatable bonds is 2. The number of pyridine rings is 1. The number of aryl methyl sites for hydroxylation is 1. The van der Waals surface area contributed by atoms with Crippen molar-refractivity contribution in [3.8, 4) is 0 Å². The van der Waals surface area contributed by atoms with E-state index in [1.165, 1.54) is 5.56 Å². The number of benzene rings is 2. The Bertz CT molecular complexity index is 768. The number of nitrogens with zero attached hydrogens (tertiary/aromatic N) is 1. The summed E-state index contributed by atoms with van der Waals surface area (Å²) in [6.07, 6.45) is 1.81. The first-order valence-electron chi connectivity index (χ1n) is 6.52. The average molecular weight is 327 g/mol. The summed E-state index contributed by atoms with van der Waals surface area (Å²) in [6.45, 7) is 2.07. The lowest BCUT2D eigenvalue weighted by Crippen LogP contribution is -2.12. The third-order valence-corrected chi connectivity index (χ3v) is 4.63. The van der Waals surface area contributed by atoms with Crippen LogP contribution in [-0.2, 0) is 0 Å². The summed E-state index contributed by atoms with van der Waals surface area (Å²) in [5.41, 5.74) is 10.8. The summed E-state index contributed by atoms with van der Waals surface area (Å²) < 4.78 is 1.08. The molecule has 2 N–H and O–H groups in total. The van der Waals surface area contributed by atoms with Crippen LogP contribution in [0.3, 0.4) is 0 Å². The quantitative estimate of drug-likeness (QED) is 0.760. The van der Waals surface area contributed by atoms with E-state index in [2.05, 4.69) is 64.2 Å². The molecular formula is C17H15BrN2. The summed E-state index contributed by atoms with van der Waals surface area (Å²) in [6, 6.07) is 16.2. The zero-order valence-corrected chi connectivity index (χ0v) is 12.8. The second-order valence-electron chi connectivity index (χ2n) is 4.91. The van der Waals surface area contributed by atoms with Crippen molar-refractivity contribution in [3.63, 3.8) is 0 Å². The lowest BCUT2D eigenvalue weighted by Gasteiger charge is -2.16. The van der Waals surface area contributed by atoms with E-state index in [1.807, 2.05) is 12.1 Å². The van der Waals surface area contributed by atoms with Gasteiger partial charge in [0.05, 0.1) is 11.6 Å². The fourth-order valence-electron chi connectivity index (χ4n) is 2.37. The molecule has 0 aliphatic heterocycles. The van der Waals surface area contributed by atoms with Crippen LogP contribution in [-0.4, -0.2) is 4.98 Å². The van der Waals surface area contributed by atoms with Gasteiger partial charge in [-0.05, 0) is 35.7 Å². The normalized spacial score (nSPS) is 12.6. The molecule has 0 bridgehead atoms. The molecule has 2 aromatic carbocycles. The molecule has 1 unspecified atom stereocenters. The van der Waals surface area contributed by atoms with E-state index < -0.39 is 0 Å². The van der Waals surface area contributed by atoms with Crippen LogP contribution in [0, 0.1) is 6.92 Å². The Morgan fingerprint density at radius 1 is 1.10 bits per heavy atom. The Balaban J connectivity index is 2.08. The van der Waals surface area contributed by atoms with Crippen LogP contribution < -0.4 is 5.73 Å². The van der Waals surface area contributed by atoms with Gasteiger partial charge in [-0.15, -0.1) is 0 Å². The second-order valence-corrected chi connectivity index (χ2v) is 5.70. The highest BCUT2D eigenvalue weighted by Crippen LogP contribution is 2.30. The lowest BCUT2D eigenvalue weighted by atomic mass is 9.97. The fourth-order valence-corrected chi connectivity index (χ4v) is 2.88. The van der Waals surface area contributed by atoms with E-state index in [0.29, 0.717) is 0 Å². The maximum absolute atomic E-state index is 6.42. The van der Waals surface area contributed by atoms with Crippen molar-refractivity contribution in [1.82, 2.24) is 4.98 Å². The van der Waals surface area contributed by atoms with E-state index in [1.54, 1.807) is 6.20 Å². The molecule has 0 aliphatic carbocycles. The number of aromatic nitrogens is 1. The summed E-state index contributed by atoms with van der Waals surface area (Å²) >= 11 is 3.63. The Morgan fingerprint density at radius 2 is 1.95 bits per heavy atom. The first-order chi connectivity index (χ1) is 9.66. The van der Waals surface area contributed by atoms with Crippen LogP contribution in [0.5, 0.6) is 0 Å². The molecule has 0 fully saturated rings. The molecule has 0 saturated carbocycles. The minimum Gasteiger partial charge on any atom is -0.320 e. The molecule has 0 aliphatic rings. The number of fused-ring (bicyclic) bond motifs is 1. The van der Waals surface area contributed by atoms with Crippen LogP contribution in [0.15, 0.2) is 59.2 Å². The van der Waals surface area contributed by atoms with Crippen LogP contribution in [0.4, 0.5) is 0 Å². The van der Waals surface area contributed by atoms with E-state index in [4.69, 9.17) is 5.73 Å². The van der Waals surface area contributed by atoms with Gasteiger partial charge in [-0.1, -0.05) is 52.3 Å². The van der Waals surface area contributed by atoms with Gasteiger partial charge in [-0.2, -0.15) is 0 Å². The summed E-state index contributed by atoms with van der Waals surface area (Å²) in [5, 5.41) is 1.13. The van der Waals surface area contributed by atoms with Gasteiger partial charge < -0.3 is 5.73 Å². The topological polar surface area (TPSA) is 38.9 Å². The number of halogens is 1. The fraction of sp³-hybridized carbons (Fsp3) is 0.118. The van der Waals surface area contributed by atoms with Crippen molar-refractivity contribution in [1.29, 1.82) is 0 Å². The van der Waals surface area contributed by atoms with Crippen LogP contribution in [0.2, 0.25) is 0 Å². The van der Waals surface area contributed by atoms with Gasteiger partial charge in [-0.3, -0.25) is 4.98 Å². The van der Waals surface area contributed by atoms with Crippen molar-refractivity contribution in [2.45, 2.75) is 13.0 Å². The summed E-state index contributed by atoms with van der Waals surface area (Å²) in [5.74, 6) is 0. The summed E-state index contributed by atoms with van der Waals surface area (Å²) in [7, 11) is 0. The highest BCUT2D eigenvalue weighted by atomic mass is 79.9. The third kappa shape index (κ3) is 2.35. The smallest absolute Gasteiger partial charge is 0.0705 e. The molecule has 1 atom stereocenters. The minimum atomic E-state index is -0.157. The predicted octanol–water partition coefficient (Wildman–Crippen LogP) is 4.35. The van der Waals surface area contributed by atoms with Gasteiger partial charge in [0.15, 0.2) is 0 Å². The van der Waals surface area contributed by atoms with Crippen molar-refractivity contribution in [3.05, 3.63) is 75.9 Å². The maximum Gasteiger partial charge on any atom is 0.0705 e. The van der Waals surface area contributed by atoms with Crippen molar-refractivity contribution < 1.29 is 0 Å². The Morgan fingerprint density at radius 3 is 2.80 bits per heavy atom. The molecule has 2 nitrogen and oxygen atoms in total. The largest absolute Gasteiger partial charge is 0.320 e. The third-order valence-electron chi connectivity index (χ3n) is 3.55. The van der Waals surface area contributed by atoms with E-state index in [9.17, 15) is 0 Å². The standard InChI is InChI=1S/C17H15BrN2/c1-11-4-2-6-14(16(11)18)17(19)13-8-7-12-5-3-9-20-15(12)10-13/h2-10,17H,19H2,1H3. The van der Waals surface area contributed by atoms with Gasteiger partial charge in [0.2, 0.25) is 0 Å². The molecule has 0 saturated heterocycles. The second kappa shape index (κ2) is 5.35. The molecule has 100 valence electrons. The number of hydrogen-bond acceptors (Lipinski definition) is 2. The molecule has 3 rings (SSSR count). The molecular weight excluding hydrogens is 312 g/mol. The molecule has 0 radical (unpaired) electrons. The zero-order chi connectivity index (χ0) is 14.1. The van der Waals surface area contributed by atoms with Crippen LogP contribution in [0.1, 0.15) is 22.7 Å². The van der Waals surface area contributed by atoms with Crippen LogP contribution >= 0.6 is 15.9 Å². The Kier molecular flexibility index (Phi) is 3.55. The van der Waals surface area contributed by atoms with E-state index in [-0.39, 0.29) is 6.04 Å². The first-order valence-corrected chi connectivity index (χ1v) is 7.31.